The standard InChI is InChI=1S/C23H25N3O3/c1-29-21-8-9-23-22(14-21)19(15-24-23)13-18-3-2-11-25(16-18)12-10-17-4-6-20(7-5-17)26(27)28/h3-9,14-15,24H,2,10-13,16H2,1H3. The van der Waals surface area contributed by atoms with Gasteiger partial charge in [0.05, 0.1) is 12.0 Å². The molecule has 0 aliphatic carbocycles. The second-order valence-electron chi connectivity index (χ2n) is 7.50. The Balaban J connectivity index is 1.37. The summed E-state index contributed by atoms with van der Waals surface area (Å²) < 4.78 is 5.37. The molecule has 0 bridgehead atoms. The number of hydrogen-bond donors (Lipinski definition) is 1. The lowest BCUT2D eigenvalue weighted by atomic mass is 10.00. The van der Waals surface area contributed by atoms with Crippen molar-refractivity contribution in [3.8, 4) is 5.75 Å². The van der Waals surface area contributed by atoms with Gasteiger partial charge in [-0.15, -0.1) is 0 Å². The number of ether oxygens (including phenoxy) is 1. The van der Waals surface area contributed by atoms with E-state index in [9.17, 15) is 10.1 Å². The van der Waals surface area contributed by atoms with Crippen molar-refractivity contribution in [3.63, 3.8) is 0 Å². The molecule has 29 heavy (non-hydrogen) atoms. The van der Waals surface area contributed by atoms with E-state index in [4.69, 9.17) is 4.74 Å². The summed E-state index contributed by atoms with van der Waals surface area (Å²) in [4.78, 5) is 16.2. The predicted octanol–water partition coefficient (Wildman–Crippen LogP) is 4.50. The first-order valence-corrected chi connectivity index (χ1v) is 9.90. The van der Waals surface area contributed by atoms with Gasteiger partial charge in [-0.05, 0) is 48.6 Å². The van der Waals surface area contributed by atoms with E-state index in [1.807, 2.05) is 18.2 Å². The van der Waals surface area contributed by atoms with Crippen molar-refractivity contribution in [3.05, 3.63) is 81.6 Å². The molecule has 1 N–H and O–H groups in total. The number of rotatable bonds is 7. The highest BCUT2D eigenvalue weighted by Gasteiger charge is 2.15. The molecular weight excluding hydrogens is 366 g/mol. The molecule has 1 aromatic heterocycles. The maximum Gasteiger partial charge on any atom is 0.269 e. The molecule has 0 unspecified atom stereocenters. The van der Waals surface area contributed by atoms with Crippen LogP contribution in [0.1, 0.15) is 17.5 Å². The van der Waals surface area contributed by atoms with Crippen LogP contribution in [-0.4, -0.2) is 41.6 Å². The molecule has 6 heteroatoms. The summed E-state index contributed by atoms with van der Waals surface area (Å²) in [6.07, 6.45) is 7.35. The highest BCUT2D eigenvalue weighted by molar-refractivity contribution is 5.84. The number of non-ortho nitro benzene ring substituents is 1. The van der Waals surface area contributed by atoms with E-state index in [2.05, 4.69) is 34.3 Å². The largest absolute Gasteiger partial charge is 0.497 e. The maximum atomic E-state index is 10.8. The molecule has 0 atom stereocenters. The summed E-state index contributed by atoms with van der Waals surface area (Å²) in [6.45, 7) is 2.97. The van der Waals surface area contributed by atoms with Crippen molar-refractivity contribution in [1.29, 1.82) is 0 Å². The van der Waals surface area contributed by atoms with Gasteiger partial charge < -0.3 is 9.72 Å². The number of nitrogens with zero attached hydrogens (tertiary/aromatic N) is 2. The van der Waals surface area contributed by atoms with E-state index in [1.165, 1.54) is 16.5 Å². The van der Waals surface area contributed by atoms with Crippen LogP contribution in [0.15, 0.2) is 60.3 Å². The number of nitro groups is 1. The second-order valence-corrected chi connectivity index (χ2v) is 7.50. The molecule has 0 radical (unpaired) electrons. The molecule has 0 fully saturated rings. The summed E-state index contributed by atoms with van der Waals surface area (Å²) in [7, 11) is 1.69. The van der Waals surface area contributed by atoms with Crippen molar-refractivity contribution < 1.29 is 9.66 Å². The molecule has 0 amide bonds. The highest BCUT2D eigenvalue weighted by atomic mass is 16.6. The molecule has 6 nitrogen and oxygen atoms in total. The van der Waals surface area contributed by atoms with E-state index in [0.29, 0.717) is 0 Å². The second kappa shape index (κ2) is 8.49. The Morgan fingerprint density at radius 1 is 1.21 bits per heavy atom. The number of nitrogens with one attached hydrogen (secondary N) is 1. The molecular formula is C23H25N3O3. The fourth-order valence-electron chi connectivity index (χ4n) is 3.95. The molecule has 3 aromatic rings. The van der Waals surface area contributed by atoms with Crippen LogP contribution in [0.2, 0.25) is 0 Å². The van der Waals surface area contributed by atoms with Gasteiger partial charge in [-0.3, -0.25) is 15.0 Å². The third-order valence-corrected chi connectivity index (χ3v) is 5.56. The molecule has 2 aromatic carbocycles. The first-order valence-electron chi connectivity index (χ1n) is 9.90. The van der Waals surface area contributed by atoms with Crippen LogP contribution in [0, 0.1) is 10.1 Å². The summed E-state index contributed by atoms with van der Waals surface area (Å²) >= 11 is 0. The smallest absolute Gasteiger partial charge is 0.269 e. The number of fused-ring (bicyclic) bond motifs is 1. The Bertz CT molecular complexity index is 1040. The molecule has 0 saturated heterocycles. The maximum absolute atomic E-state index is 10.8. The summed E-state index contributed by atoms with van der Waals surface area (Å²) in [5.74, 6) is 0.876. The van der Waals surface area contributed by atoms with Gasteiger partial charge in [0.25, 0.3) is 5.69 Å². The fraction of sp³-hybridized carbons (Fsp3) is 0.304. The number of hydrogen-bond acceptors (Lipinski definition) is 4. The van der Waals surface area contributed by atoms with Crippen LogP contribution < -0.4 is 4.74 Å². The zero-order valence-corrected chi connectivity index (χ0v) is 16.6. The molecule has 4 rings (SSSR count). The van der Waals surface area contributed by atoms with E-state index < -0.39 is 0 Å². The first-order chi connectivity index (χ1) is 14.1. The molecule has 0 spiro atoms. The number of aromatic nitrogens is 1. The normalized spacial score (nSPS) is 14.7. The number of nitro benzene ring substituents is 1. The van der Waals surface area contributed by atoms with Crippen molar-refractivity contribution in [2.24, 2.45) is 0 Å². The average Bonchev–Trinajstić information content (AvgIpc) is 3.14. The van der Waals surface area contributed by atoms with Gasteiger partial charge in [0.15, 0.2) is 0 Å². The van der Waals surface area contributed by atoms with E-state index >= 15 is 0 Å². The van der Waals surface area contributed by atoms with Crippen molar-refractivity contribution in [1.82, 2.24) is 9.88 Å². The highest BCUT2D eigenvalue weighted by Crippen LogP contribution is 2.26. The monoisotopic (exact) mass is 391 g/mol. The Kier molecular flexibility index (Phi) is 5.62. The molecule has 150 valence electrons. The lowest BCUT2D eigenvalue weighted by molar-refractivity contribution is -0.384. The minimum atomic E-state index is -0.355. The van der Waals surface area contributed by atoms with Crippen LogP contribution in [0.3, 0.4) is 0 Å². The van der Waals surface area contributed by atoms with Gasteiger partial charge in [0.1, 0.15) is 5.75 Å². The van der Waals surface area contributed by atoms with E-state index in [1.54, 1.807) is 19.2 Å². The van der Waals surface area contributed by atoms with Gasteiger partial charge in [-0.25, -0.2) is 0 Å². The third kappa shape index (κ3) is 4.49. The lowest BCUT2D eigenvalue weighted by Gasteiger charge is -2.27. The van der Waals surface area contributed by atoms with Crippen molar-refractivity contribution in [2.45, 2.75) is 19.3 Å². The third-order valence-electron chi connectivity index (χ3n) is 5.56. The Morgan fingerprint density at radius 2 is 2.03 bits per heavy atom. The average molecular weight is 391 g/mol. The Labute approximate surface area is 169 Å². The van der Waals surface area contributed by atoms with Crippen molar-refractivity contribution in [2.75, 3.05) is 26.7 Å². The van der Waals surface area contributed by atoms with E-state index in [0.717, 1.165) is 55.7 Å². The summed E-state index contributed by atoms with van der Waals surface area (Å²) in [5.41, 5.74) is 5.14. The summed E-state index contributed by atoms with van der Waals surface area (Å²) in [6, 6.07) is 13.0. The van der Waals surface area contributed by atoms with Crippen LogP contribution in [-0.2, 0) is 12.8 Å². The number of aromatic amines is 1. The van der Waals surface area contributed by atoms with Gasteiger partial charge in [-0.2, -0.15) is 0 Å². The van der Waals surface area contributed by atoms with Crippen LogP contribution in [0.5, 0.6) is 5.75 Å². The SMILES string of the molecule is COc1ccc2[nH]cc(CC3=CCCN(CCc4ccc([N+](=O)[O-])cc4)C3)c2c1. The zero-order chi connectivity index (χ0) is 20.2. The zero-order valence-electron chi connectivity index (χ0n) is 16.6. The molecule has 0 saturated carbocycles. The Morgan fingerprint density at radius 3 is 2.79 bits per heavy atom. The van der Waals surface area contributed by atoms with Crippen LogP contribution >= 0.6 is 0 Å². The minimum Gasteiger partial charge on any atom is -0.497 e. The van der Waals surface area contributed by atoms with Crippen molar-refractivity contribution >= 4 is 16.6 Å². The first kappa shape index (κ1) is 19.2. The minimum absolute atomic E-state index is 0.146. The lowest BCUT2D eigenvalue weighted by Crippen LogP contribution is -2.32. The molecule has 2 heterocycles. The summed E-state index contributed by atoms with van der Waals surface area (Å²) in [5, 5.41) is 12.0. The topological polar surface area (TPSA) is 71.4 Å². The molecule has 1 aliphatic heterocycles. The van der Waals surface area contributed by atoms with Gasteiger partial charge in [0, 0.05) is 48.9 Å². The predicted molar refractivity (Wildman–Crippen MR) is 114 cm³/mol. The van der Waals surface area contributed by atoms with Crippen LogP contribution in [0.4, 0.5) is 5.69 Å². The molecule has 1 aliphatic rings. The van der Waals surface area contributed by atoms with Gasteiger partial charge >= 0.3 is 0 Å². The number of benzene rings is 2. The van der Waals surface area contributed by atoms with Crippen LogP contribution in [0.25, 0.3) is 10.9 Å². The van der Waals surface area contributed by atoms with Gasteiger partial charge in [-0.1, -0.05) is 23.8 Å². The number of methoxy groups -OCH3 is 1. The number of H-pyrrole nitrogens is 1. The van der Waals surface area contributed by atoms with Gasteiger partial charge in [0.2, 0.25) is 0 Å². The quantitative estimate of drug-likeness (QED) is 0.366. The van der Waals surface area contributed by atoms with E-state index in [-0.39, 0.29) is 10.6 Å². The Hall–Kier alpha value is -3.12. The fourth-order valence-corrected chi connectivity index (χ4v) is 3.95.